The van der Waals surface area contributed by atoms with E-state index in [9.17, 15) is 18.0 Å². The summed E-state index contributed by atoms with van der Waals surface area (Å²) in [6, 6.07) is 9.60. The molecule has 1 aromatic heterocycles. The highest BCUT2D eigenvalue weighted by atomic mass is 32.2. The first-order valence-electron chi connectivity index (χ1n) is 9.43. The maximum Gasteiger partial charge on any atom is 0.240 e. The number of furan rings is 1. The number of hydrogen-bond acceptors (Lipinski definition) is 5. The number of hydrogen-bond donors (Lipinski definition) is 1. The highest BCUT2D eigenvalue weighted by Gasteiger charge is 2.41. The third-order valence-electron chi connectivity index (χ3n) is 5.38. The second-order valence-electron chi connectivity index (χ2n) is 7.25. The summed E-state index contributed by atoms with van der Waals surface area (Å²) >= 11 is 0. The molecule has 1 unspecified atom stereocenters. The van der Waals surface area contributed by atoms with Gasteiger partial charge in [0.25, 0.3) is 0 Å². The van der Waals surface area contributed by atoms with Crippen LogP contribution < -0.4 is 10.2 Å². The Morgan fingerprint density at radius 1 is 1.14 bits per heavy atom. The van der Waals surface area contributed by atoms with Crippen LogP contribution in [0.15, 0.2) is 52.0 Å². The molecule has 1 atom stereocenters. The van der Waals surface area contributed by atoms with Gasteiger partial charge in [0.2, 0.25) is 11.8 Å². The molecule has 1 fully saturated rings. The van der Waals surface area contributed by atoms with Gasteiger partial charge in [0.1, 0.15) is 17.6 Å². The summed E-state index contributed by atoms with van der Waals surface area (Å²) in [5.41, 5.74) is 0.239. The molecule has 1 N–H and O–H groups in total. The van der Waals surface area contributed by atoms with Crippen LogP contribution in [0.5, 0.6) is 0 Å². The summed E-state index contributed by atoms with van der Waals surface area (Å²) < 4.78 is 31.8. The number of anilines is 1. The molecule has 2 aliphatic rings. The van der Waals surface area contributed by atoms with Crippen LogP contribution in [-0.4, -0.2) is 32.8 Å². The molecule has 1 saturated carbocycles. The lowest BCUT2D eigenvalue weighted by atomic mass is 10.2. The Morgan fingerprint density at radius 2 is 1.89 bits per heavy atom. The smallest absolute Gasteiger partial charge is 0.240 e. The molecule has 7 nitrogen and oxygen atoms in total. The lowest BCUT2D eigenvalue weighted by Gasteiger charge is -2.23. The molecule has 28 heavy (non-hydrogen) atoms. The minimum Gasteiger partial charge on any atom is -0.468 e. The number of nitrogens with one attached hydrogen (secondary N) is 1. The number of amides is 2. The largest absolute Gasteiger partial charge is 0.468 e. The predicted octanol–water partition coefficient (Wildman–Crippen LogP) is 2.59. The molecule has 0 saturated heterocycles. The molecule has 1 aromatic carbocycles. The standard InChI is InChI=1S/C20H22N2O5S/c23-19(21-14-6-1-2-7-14)13-22-15-8-3-4-10-17(15)28(25,26)18(12-20(22)24)16-9-5-11-27-16/h3-5,8-11,14,18H,1-2,6-7,12-13H2,(H,21,23). The van der Waals surface area contributed by atoms with Gasteiger partial charge >= 0.3 is 0 Å². The fourth-order valence-corrected chi connectivity index (χ4v) is 5.82. The average molecular weight is 402 g/mol. The Bertz CT molecular complexity index is 978. The zero-order chi connectivity index (χ0) is 19.7. The van der Waals surface area contributed by atoms with Gasteiger partial charge in [0.15, 0.2) is 9.84 Å². The summed E-state index contributed by atoms with van der Waals surface area (Å²) in [6.45, 7) is -0.202. The number of carbonyl (C=O) groups is 2. The highest BCUT2D eigenvalue weighted by Crippen LogP contribution is 2.40. The molecule has 8 heteroatoms. The van der Waals surface area contributed by atoms with E-state index in [1.165, 1.54) is 17.2 Å². The van der Waals surface area contributed by atoms with Crippen molar-refractivity contribution < 1.29 is 22.4 Å². The SMILES string of the molecule is O=C(CN1C(=O)CC(c2ccco2)S(=O)(=O)c2ccccc21)NC1CCCC1. The minimum atomic E-state index is -3.85. The number of sulfone groups is 1. The van der Waals surface area contributed by atoms with Crippen molar-refractivity contribution in [3.8, 4) is 0 Å². The second kappa shape index (κ2) is 7.43. The quantitative estimate of drug-likeness (QED) is 0.848. The van der Waals surface area contributed by atoms with E-state index in [0.717, 1.165) is 25.7 Å². The maximum absolute atomic E-state index is 13.2. The van der Waals surface area contributed by atoms with Gasteiger partial charge in [-0.1, -0.05) is 25.0 Å². The third-order valence-corrected chi connectivity index (χ3v) is 7.49. The van der Waals surface area contributed by atoms with Crippen LogP contribution in [-0.2, 0) is 19.4 Å². The minimum absolute atomic E-state index is 0.0379. The monoisotopic (exact) mass is 402 g/mol. The van der Waals surface area contributed by atoms with E-state index in [1.807, 2.05) is 0 Å². The first-order chi connectivity index (χ1) is 13.5. The molecule has 0 spiro atoms. The average Bonchev–Trinajstić information content (AvgIpc) is 3.36. The van der Waals surface area contributed by atoms with Crippen LogP contribution in [0, 0.1) is 0 Å². The zero-order valence-corrected chi connectivity index (χ0v) is 16.2. The van der Waals surface area contributed by atoms with Crippen LogP contribution in [0.1, 0.15) is 43.1 Å². The van der Waals surface area contributed by atoms with Gasteiger partial charge in [0.05, 0.1) is 23.3 Å². The van der Waals surface area contributed by atoms with Crippen molar-refractivity contribution in [2.45, 2.75) is 48.3 Å². The van der Waals surface area contributed by atoms with Gasteiger partial charge in [0, 0.05) is 6.04 Å². The summed E-state index contributed by atoms with van der Waals surface area (Å²) in [4.78, 5) is 26.8. The summed E-state index contributed by atoms with van der Waals surface area (Å²) in [7, 11) is -3.85. The molecule has 0 radical (unpaired) electrons. The number of nitrogens with zero attached hydrogens (tertiary/aromatic N) is 1. The van der Waals surface area contributed by atoms with Gasteiger partial charge in [-0.3, -0.25) is 9.59 Å². The van der Waals surface area contributed by atoms with Gasteiger partial charge < -0.3 is 14.6 Å². The van der Waals surface area contributed by atoms with Gasteiger partial charge in [-0.15, -0.1) is 0 Å². The van der Waals surface area contributed by atoms with E-state index in [2.05, 4.69) is 5.32 Å². The van der Waals surface area contributed by atoms with E-state index in [4.69, 9.17) is 4.42 Å². The molecule has 148 valence electrons. The maximum atomic E-state index is 13.2. The number of benzene rings is 1. The number of fused-ring (bicyclic) bond motifs is 1. The Morgan fingerprint density at radius 3 is 2.61 bits per heavy atom. The van der Waals surface area contributed by atoms with Crippen molar-refractivity contribution in [3.63, 3.8) is 0 Å². The molecule has 0 bridgehead atoms. The van der Waals surface area contributed by atoms with Crippen LogP contribution >= 0.6 is 0 Å². The molecule has 1 aliphatic carbocycles. The molecule has 1 aliphatic heterocycles. The molecular weight excluding hydrogens is 380 g/mol. The van der Waals surface area contributed by atoms with Crippen molar-refractivity contribution in [3.05, 3.63) is 48.4 Å². The summed E-state index contributed by atoms with van der Waals surface area (Å²) in [5, 5.41) is 1.84. The van der Waals surface area contributed by atoms with Crippen molar-refractivity contribution >= 4 is 27.3 Å². The lowest BCUT2D eigenvalue weighted by molar-refractivity contribution is -0.124. The van der Waals surface area contributed by atoms with E-state index in [0.29, 0.717) is 0 Å². The first-order valence-corrected chi connectivity index (χ1v) is 11.0. The number of para-hydroxylation sites is 1. The van der Waals surface area contributed by atoms with Gasteiger partial charge in [-0.25, -0.2) is 8.42 Å². The molecule has 2 amide bonds. The second-order valence-corrected chi connectivity index (χ2v) is 9.35. The third kappa shape index (κ3) is 3.44. The molecular formula is C20H22N2O5S. The molecule has 2 heterocycles. The van der Waals surface area contributed by atoms with Crippen molar-refractivity contribution in [1.82, 2.24) is 5.32 Å². The summed E-state index contributed by atoms with van der Waals surface area (Å²) in [6.07, 6.45) is 5.15. The topological polar surface area (TPSA) is 96.7 Å². The Hall–Kier alpha value is -2.61. The van der Waals surface area contributed by atoms with Crippen molar-refractivity contribution in [2.75, 3.05) is 11.4 Å². The number of carbonyl (C=O) groups excluding carboxylic acids is 2. The fourth-order valence-electron chi connectivity index (χ4n) is 3.98. The Kier molecular flexibility index (Phi) is 4.97. The zero-order valence-electron chi connectivity index (χ0n) is 15.3. The van der Waals surface area contributed by atoms with E-state index in [1.54, 1.807) is 30.3 Å². The first kappa shape index (κ1) is 18.7. The molecule has 2 aromatic rings. The van der Waals surface area contributed by atoms with Crippen molar-refractivity contribution in [2.24, 2.45) is 0 Å². The van der Waals surface area contributed by atoms with Gasteiger partial charge in [-0.05, 0) is 37.1 Å². The van der Waals surface area contributed by atoms with Crippen LogP contribution in [0.25, 0.3) is 0 Å². The normalized spacial score (nSPS) is 21.9. The Balaban J connectivity index is 1.68. The van der Waals surface area contributed by atoms with Crippen LogP contribution in [0.2, 0.25) is 0 Å². The van der Waals surface area contributed by atoms with E-state index >= 15 is 0 Å². The lowest BCUT2D eigenvalue weighted by Crippen LogP contribution is -2.43. The van der Waals surface area contributed by atoms with Gasteiger partial charge in [-0.2, -0.15) is 0 Å². The van der Waals surface area contributed by atoms with Crippen LogP contribution in [0.3, 0.4) is 0 Å². The fraction of sp³-hybridized carbons (Fsp3) is 0.400. The summed E-state index contributed by atoms with van der Waals surface area (Å²) in [5.74, 6) is -0.471. The predicted molar refractivity (Wildman–Crippen MR) is 102 cm³/mol. The highest BCUT2D eigenvalue weighted by molar-refractivity contribution is 7.91. The number of rotatable bonds is 4. The van der Waals surface area contributed by atoms with Crippen molar-refractivity contribution in [1.29, 1.82) is 0 Å². The Labute approximate surface area is 163 Å². The molecule has 4 rings (SSSR count). The van der Waals surface area contributed by atoms with E-state index < -0.39 is 21.0 Å². The van der Waals surface area contributed by atoms with Crippen LogP contribution in [0.4, 0.5) is 5.69 Å². The van der Waals surface area contributed by atoms with E-state index in [-0.39, 0.29) is 41.3 Å².